The third kappa shape index (κ3) is 4.54. The molecule has 1 saturated heterocycles. The van der Waals surface area contributed by atoms with Gasteiger partial charge in [-0.1, -0.05) is 0 Å². The Morgan fingerprint density at radius 2 is 2.00 bits per heavy atom. The Hall–Kier alpha value is -3.55. The minimum Gasteiger partial charge on any atom is -0.481 e. The van der Waals surface area contributed by atoms with E-state index in [-0.39, 0.29) is 17.9 Å². The Balaban J connectivity index is 1.40. The van der Waals surface area contributed by atoms with Crippen LogP contribution in [0.2, 0.25) is 0 Å². The van der Waals surface area contributed by atoms with Gasteiger partial charge in [0.1, 0.15) is 5.82 Å². The predicted octanol–water partition coefficient (Wildman–Crippen LogP) is 3.38. The molecule has 1 fully saturated rings. The first-order valence-corrected chi connectivity index (χ1v) is 10.8. The van der Waals surface area contributed by atoms with Gasteiger partial charge in [-0.15, -0.1) is 0 Å². The minimum absolute atomic E-state index is 0.117. The molecule has 8 heteroatoms. The molecule has 0 saturated carbocycles. The molecule has 3 aromatic rings. The zero-order valence-corrected chi connectivity index (χ0v) is 18.9. The highest BCUT2D eigenvalue weighted by Gasteiger charge is 2.30. The summed E-state index contributed by atoms with van der Waals surface area (Å²) < 4.78 is 5.23. The van der Waals surface area contributed by atoms with E-state index < -0.39 is 0 Å². The van der Waals surface area contributed by atoms with Gasteiger partial charge >= 0.3 is 0 Å². The Labute approximate surface area is 188 Å². The summed E-state index contributed by atoms with van der Waals surface area (Å²) in [5, 5.41) is 3.48. The fourth-order valence-electron chi connectivity index (χ4n) is 4.11. The standard InChI is InChI=1S/C24H28N6O2/c1-15-13-27-22(32-4)12-20(15)16(2)24(31)30-11-8-18(14-30)29-21-7-6-19(17(3)28-21)23-25-9-5-10-26-23/h5-7,9-10,12-13,16,18H,8,11,14H2,1-4H3,(H,28,29)/t16-,18-/m0/s1. The van der Waals surface area contributed by atoms with Crippen LogP contribution in [0.15, 0.2) is 42.9 Å². The van der Waals surface area contributed by atoms with E-state index in [2.05, 4.69) is 25.3 Å². The first-order valence-electron chi connectivity index (χ1n) is 10.8. The zero-order chi connectivity index (χ0) is 22.7. The first-order chi connectivity index (χ1) is 15.5. The molecule has 32 heavy (non-hydrogen) atoms. The SMILES string of the molecule is COc1cc([C@H](C)C(=O)N2CC[C@H](Nc3ccc(-c4ncccn4)c(C)n3)C2)c(C)cn1. The monoisotopic (exact) mass is 432 g/mol. The fraction of sp³-hybridized carbons (Fsp3) is 0.375. The molecule has 1 aliphatic rings. The van der Waals surface area contributed by atoms with Gasteiger partial charge in [-0.25, -0.2) is 19.9 Å². The summed E-state index contributed by atoms with van der Waals surface area (Å²) >= 11 is 0. The third-order valence-corrected chi connectivity index (χ3v) is 5.91. The number of ether oxygens (including phenoxy) is 1. The van der Waals surface area contributed by atoms with Gasteiger partial charge < -0.3 is 15.0 Å². The second kappa shape index (κ2) is 9.30. The zero-order valence-electron chi connectivity index (χ0n) is 18.9. The van der Waals surface area contributed by atoms with Crippen molar-refractivity contribution in [2.75, 3.05) is 25.5 Å². The van der Waals surface area contributed by atoms with E-state index in [1.807, 2.05) is 43.9 Å². The van der Waals surface area contributed by atoms with Crippen molar-refractivity contribution in [1.29, 1.82) is 0 Å². The molecule has 0 unspecified atom stereocenters. The summed E-state index contributed by atoms with van der Waals surface area (Å²) in [6.45, 7) is 7.23. The lowest BCUT2D eigenvalue weighted by atomic mass is 9.97. The van der Waals surface area contributed by atoms with Crippen molar-refractivity contribution in [2.24, 2.45) is 0 Å². The highest BCUT2D eigenvalue weighted by atomic mass is 16.5. The normalized spacial score (nSPS) is 16.6. The topological polar surface area (TPSA) is 93.1 Å². The van der Waals surface area contributed by atoms with Crippen LogP contribution in [-0.4, -0.2) is 57.0 Å². The summed E-state index contributed by atoms with van der Waals surface area (Å²) in [5.74, 6) is 1.85. The quantitative estimate of drug-likeness (QED) is 0.638. The molecule has 1 amide bonds. The van der Waals surface area contributed by atoms with Crippen molar-refractivity contribution in [1.82, 2.24) is 24.8 Å². The smallest absolute Gasteiger partial charge is 0.229 e. The van der Waals surface area contributed by atoms with Gasteiger partial charge in [-0.2, -0.15) is 0 Å². The van der Waals surface area contributed by atoms with E-state index >= 15 is 0 Å². The van der Waals surface area contributed by atoms with E-state index in [1.165, 1.54) is 0 Å². The second-order valence-corrected chi connectivity index (χ2v) is 8.12. The molecule has 0 bridgehead atoms. The van der Waals surface area contributed by atoms with E-state index in [4.69, 9.17) is 4.74 Å². The maximum absolute atomic E-state index is 13.2. The number of pyridine rings is 2. The van der Waals surface area contributed by atoms with Crippen LogP contribution in [-0.2, 0) is 4.79 Å². The number of hydrogen-bond donors (Lipinski definition) is 1. The maximum atomic E-state index is 13.2. The lowest BCUT2D eigenvalue weighted by Crippen LogP contribution is -2.34. The Morgan fingerprint density at radius 1 is 1.22 bits per heavy atom. The number of amides is 1. The number of likely N-dealkylation sites (tertiary alicyclic amines) is 1. The molecule has 0 aromatic carbocycles. The molecule has 0 radical (unpaired) electrons. The number of aryl methyl sites for hydroxylation is 2. The summed E-state index contributed by atoms with van der Waals surface area (Å²) in [4.78, 5) is 32.6. The van der Waals surface area contributed by atoms with Gasteiger partial charge in [0.15, 0.2) is 5.82 Å². The van der Waals surface area contributed by atoms with Crippen LogP contribution in [0, 0.1) is 13.8 Å². The van der Waals surface area contributed by atoms with Gasteiger partial charge in [-0.3, -0.25) is 4.79 Å². The predicted molar refractivity (Wildman–Crippen MR) is 123 cm³/mol. The number of rotatable bonds is 6. The van der Waals surface area contributed by atoms with Crippen molar-refractivity contribution in [3.05, 3.63) is 59.7 Å². The summed E-state index contributed by atoms with van der Waals surface area (Å²) in [7, 11) is 1.58. The average molecular weight is 433 g/mol. The van der Waals surface area contributed by atoms with E-state index in [9.17, 15) is 4.79 Å². The first kappa shape index (κ1) is 21.7. The molecule has 166 valence electrons. The van der Waals surface area contributed by atoms with E-state index in [1.54, 1.807) is 31.8 Å². The molecule has 2 atom stereocenters. The number of methoxy groups -OCH3 is 1. The summed E-state index contributed by atoms with van der Waals surface area (Å²) in [5.41, 5.74) is 3.72. The van der Waals surface area contributed by atoms with Crippen molar-refractivity contribution in [2.45, 2.75) is 39.2 Å². The summed E-state index contributed by atoms with van der Waals surface area (Å²) in [6, 6.07) is 7.74. The van der Waals surface area contributed by atoms with Crippen LogP contribution in [0.4, 0.5) is 5.82 Å². The fourth-order valence-corrected chi connectivity index (χ4v) is 4.11. The van der Waals surface area contributed by atoms with E-state index in [0.717, 1.165) is 41.2 Å². The van der Waals surface area contributed by atoms with Crippen LogP contribution >= 0.6 is 0 Å². The molecule has 4 rings (SSSR count). The molecule has 4 heterocycles. The molecule has 8 nitrogen and oxygen atoms in total. The van der Waals surface area contributed by atoms with Gasteiger partial charge in [0.05, 0.1) is 18.7 Å². The molecular formula is C24H28N6O2. The molecule has 3 aromatic heterocycles. The number of aromatic nitrogens is 4. The maximum Gasteiger partial charge on any atom is 0.229 e. The van der Waals surface area contributed by atoms with Crippen LogP contribution in [0.1, 0.15) is 36.1 Å². The largest absolute Gasteiger partial charge is 0.481 e. The van der Waals surface area contributed by atoms with Gasteiger partial charge in [0, 0.05) is 49.4 Å². The Bertz CT molecular complexity index is 1100. The third-order valence-electron chi connectivity index (χ3n) is 5.91. The number of carbonyl (C=O) groups is 1. The number of anilines is 1. The van der Waals surface area contributed by atoms with Crippen molar-refractivity contribution >= 4 is 11.7 Å². The highest BCUT2D eigenvalue weighted by molar-refractivity contribution is 5.84. The van der Waals surface area contributed by atoms with Crippen molar-refractivity contribution < 1.29 is 9.53 Å². The molecule has 0 aliphatic carbocycles. The number of nitrogens with one attached hydrogen (secondary N) is 1. The van der Waals surface area contributed by atoms with Crippen LogP contribution < -0.4 is 10.1 Å². The van der Waals surface area contributed by atoms with Crippen LogP contribution in [0.25, 0.3) is 11.4 Å². The van der Waals surface area contributed by atoms with E-state index in [0.29, 0.717) is 18.2 Å². The Kier molecular flexibility index (Phi) is 6.30. The highest BCUT2D eigenvalue weighted by Crippen LogP contribution is 2.27. The van der Waals surface area contributed by atoms with Gasteiger partial charge in [0.2, 0.25) is 11.8 Å². The number of hydrogen-bond acceptors (Lipinski definition) is 7. The van der Waals surface area contributed by atoms with Crippen LogP contribution in [0.5, 0.6) is 5.88 Å². The molecule has 0 spiro atoms. The number of nitrogens with zero attached hydrogens (tertiary/aromatic N) is 5. The van der Waals surface area contributed by atoms with Crippen molar-refractivity contribution in [3.63, 3.8) is 0 Å². The summed E-state index contributed by atoms with van der Waals surface area (Å²) in [6.07, 6.45) is 6.08. The van der Waals surface area contributed by atoms with Gasteiger partial charge in [0.25, 0.3) is 0 Å². The molecule has 1 aliphatic heterocycles. The second-order valence-electron chi connectivity index (χ2n) is 8.12. The molecular weight excluding hydrogens is 404 g/mol. The Morgan fingerprint density at radius 3 is 2.72 bits per heavy atom. The molecule has 1 N–H and O–H groups in total. The van der Waals surface area contributed by atoms with Gasteiger partial charge in [-0.05, 0) is 56.5 Å². The van der Waals surface area contributed by atoms with Crippen molar-refractivity contribution in [3.8, 4) is 17.3 Å². The lowest BCUT2D eigenvalue weighted by molar-refractivity contribution is -0.131. The average Bonchev–Trinajstić information content (AvgIpc) is 3.27. The number of carbonyl (C=O) groups excluding carboxylic acids is 1. The minimum atomic E-state index is -0.254. The lowest BCUT2D eigenvalue weighted by Gasteiger charge is -2.23. The van der Waals surface area contributed by atoms with Crippen LogP contribution in [0.3, 0.4) is 0 Å².